The molecule has 2 aromatic heterocycles. The summed E-state index contributed by atoms with van der Waals surface area (Å²) < 4.78 is 12.2. The van der Waals surface area contributed by atoms with Crippen LogP contribution in [0.2, 0.25) is 0 Å². The molecule has 1 aromatic carbocycles. The van der Waals surface area contributed by atoms with E-state index in [0.29, 0.717) is 17.4 Å². The highest BCUT2D eigenvalue weighted by Gasteiger charge is 2.12. The quantitative estimate of drug-likeness (QED) is 0.727. The molecule has 20 heavy (non-hydrogen) atoms. The maximum Gasteiger partial charge on any atom is 0.240 e. The third-order valence-electron chi connectivity index (χ3n) is 3.02. The van der Waals surface area contributed by atoms with E-state index >= 15 is 0 Å². The third-order valence-corrected chi connectivity index (χ3v) is 4.10. The van der Waals surface area contributed by atoms with Crippen LogP contribution in [0.1, 0.15) is 11.1 Å². The predicted molar refractivity (Wildman–Crippen MR) is 80.0 cm³/mol. The molecule has 0 fully saturated rings. The van der Waals surface area contributed by atoms with Crippen molar-refractivity contribution in [3.63, 3.8) is 0 Å². The fraction of sp³-hybridized carbons (Fsp3) is 0.200. The van der Waals surface area contributed by atoms with Gasteiger partial charge in [0.25, 0.3) is 0 Å². The first-order valence-corrected chi connectivity index (χ1v) is 7.08. The average molecular weight is 286 g/mol. The number of aromatic nitrogens is 2. The zero-order valence-corrected chi connectivity index (χ0v) is 12.3. The Morgan fingerprint density at radius 2 is 1.95 bits per heavy atom. The number of ether oxygens (including phenoxy) is 2. The molecule has 0 aliphatic carbocycles. The Kier molecular flexibility index (Phi) is 3.28. The minimum absolute atomic E-state index is 0.565. The summed E-state index contributed by atoms with van der Waals surface area (Å²) in [6.45, 7) is 4.04. The van der Waals surface area contributed by atoms with Crippen LogP contribution in [-0.4, -0.2) is 17.1 Å². The predicted octanol–water partition coefficient (Wildman–Crippen LogP) is 4.11. The topological polar surface area (TPSA) is 44.2 Å². The number of benzene rings is 1. The van der Waals surface area contributed by atoms with E-state index in [1.165, 1.54) is 6.33 Å². The van der Waals surface area contributed by atoms with Crippen LogP contribution < -0.4 is 9.47 Å². The highest BCUT2D eigenvalue weighted by atomic mass is 32.1. The molecule has 0 unspecified atom stereocenters. The van der Waals surface area contributed by atoms with Crippen LogP contribution in [0.15, 0.2) is 29.9 Å². The molecule has 0 aliphatic rings. The number of methoxy groups -OCH3 is 1. The Balaban J connectivity index is 2.05. The van der Waals surface area contributed by atoms with Gasteiger partial charge in [0, 0.05) is 0 Å². The number of rotatable bonds is 3. The minimum atomic E-state index is 0.565. The number of aryl methyl sites for hydroxylation is 2. The lowest BCUT2D eigenvalue weighted by atomic mass is 10.2. The molecule has 102 valence electrons. The van der Waals surface area contributed by atoms with Gasteiger partial charge in [-0.2, -0.15) is 0 Å². The van der Waals surface area contributed by atoms with Crippen molar-refractivity contribution in [1.82, 2.24) is 9.97 Å². The first-order valence-electron chi connectivity index (χ1n) is 6.20. The van der Waals surface area contributed by atoms with Crippen LogP contribution in [0.25, 0.3) is 10.2 Å². The van der Waals surface area contributed by atoms with Gasteiger partial charge in [-0.25, -0.2) is 9.97 Å². The van der Waals surface area contributed by atoms with Gasteiger partial charge in [0.2, 0.25) is 5.88 Å². The van der Waals surface area contributed by atoms with Crippen molar-refractivity contribution >= 4 is 21.6 Å². The summed E-state index contributed by atoms with van der Waals surface area (Å²) in [5.74, 6) is 1.92. The highest BCUT2D eigenvalue weighted by Crippen LogP contribution is 2.36. The van der Waals surface area contributed by atoms with Crippen molar-refractivity contribution in [3.8, 4) is 17.4 Å². The molecule has 0 saturated carbocycles. The van der Waals surface area contributed by atoms with Crippen LogP contribution in [0, 0.1) is 13.8 Å². The number of nitrogens with zero attached hydrogens (tertiary/aromatic N) is 2. The number of thiophene rings is 1. The molecule has 0 saturated heterocycles. The first-order chi connectivity index (χ1) is 9.69. The zero-order chi connectivity index (χ0) is 14.1. The molecular formula is C15H14N2O2S. The van der Waals surface area contributed by atoms with Gasteiger partial charge < -0.3 is 9.47 Å². The zero-order valence-electron chi connectivity index (χ0n) is 11.5. The Morgan fingerprint density at radius 3 is 2.75 bits per heavy atom. The average Bonchev–Trinajstić information content (AvgIpc) is 2.84. The van der Waals surface area contributed by atoms with E-state index in [2.05, 4.69) is 15.3 Å². The van der Waals surface area contributed by atoms with Gasteiger partial charge in [-0.1, -0.05) is 6.07 Å². The van der Waals surface area contributed by atoms with Crippen LogP contribution >= 0.6 is 11.3 Å². The Morgan fingerprint density at radius 1 is 1.10 bits per heavy atom. The largest absolute Gasteiger partial charge is 0.493 e. The molecule has 0 amide bonds. The fourth-order valence-electron chi connectivity index (χ4n) is 1.98. The maximum absolute atomic E-state index is 5.92. The monoisotopic (exact) mass is 286 g/mol. The smallest absolute Gasteiger partial charge is 0.240 e. The van der Waals surface area contributed by atoms with Crippen molar-refractivity contribution in [3.05, 3.63) is 41.0 Å². The van der Waals surface area contributed by atoms with E-state index in [9.17, 15) is 0 Å². The second-order valence-corrected chi connectivity index (χ2v) is 5.41. The molecule has 0 atom stereocenters. The van der Waals surface area contributed by atoms with E-state index < -0.39 is 0 Å². The molecule has 3 aromatic rings. The second-order valence-electron chi connectivity index (χ2n) is 4.53. The molecule has 3 rings (SSSR count). The standard InChI is InChI=1S/C15H14N2O2S/c1-9-4-5-11(12(6-9)18-3)19-15-14-13(16-8-17-15)10(2)7-20-14/h4-8H,1-3H3. The number of fused-ring (bicyclic) bond motifs is 1. The SMILES string of the molecule is COc1cc(C)ccc1Oc1ncnc2c(C)csc12. The van der Waals surface area contributed by atoms with Crippen molar-refractivity contribution in [2.24, 2.45) is 0 Å². The molecule has 5 heteroatoms. The summed E-state index contributed by atoms with van der Waals surface area (Å²) in [6, 6.07) is 5.81. The molecule has 0 aliphatic heterocycles. The molecule has 0 bridgehead atoms. The minimum Gasteiger partial charge on any atom is -0.493 e. The van der Waals surface area contributed by atoms with Gasteiger partial charge in [0.1, 0.15) is 11.0 Å². The van der Waals surface area contributed by atoms with Crippen molar-refractivity contribution in [1.29, 1.82) is 0 Å². The lowest BCUT2D eigenvalue weighted by Crippen LogP contribution is -1.93. The summed E-state index contributed by atoms with van der Waals surface area (Å²) in [5, 5.41) is 2.05. The van der Waals surface area contributed by atoms with Gasteiger partial charge in [0.15, 0.2) is 11.5 Å². The van der Waals surface area contributed by atoms with Crippen LogP contribution in [0.3, 0.4) is 0 Å². The van der Waals surface area contributed by atoms with E-state index in [4.69, 9.17) is 9.47 Å². The van der Waals surface area contributed by atoms with Gasteiger partial charge in [0.05, 0.1) is 12.6 Å². The van der Waals surface area contributed by atoms with Crippen molar-refractivity contribution in [2.45, 2.75) is 13.8 Å². The third kappa shape index (κ3) is 2.20. The van der Waals surface area contributed by atoms with E-state index in [1.54, 1.807) is 18.4 Å². The van der Waals surface area contributed by atoms with Gasteiger partial charge in [-0.05, 0) is 42.5 Å². The second kappa shape index (κ2) is 5.09. The van der Waals surface area contributed by atoms with Crippen LogP contribution in [0.5, 0.6) is 17.4 Å². The summed E-state index contributed by atoms with van der Waals surface area (Å²) in [7, 11) is 1.63. The summed E-state index contributed by atoms with van der Waals surface area (Å²) in [4.78, 5) is 8.52. The van der Waals surface area contributed by atoms with E-state index in [1.807, 2.05) is 32.0 Å². The Labute approximate surface area is 121 Å². The Hall–Kier alpha value is -2.14. The normalized spacial score (nSPS) is 10.8. The molecular weight excluding hydrogens is 272 g/mol. The van der Waals surface area contributed by atoms with Crippen LogP contribution in [0.4, 0.5) is 0 Å². The number of hydrogen-bond acceptors (Lipinski definition) is 5. The lowest BCUT2D eigenvalue weighted by molar-refractivity contribution is 0.375. The van der Waals surface area contributed by atoms with Crippen molar-refractivity contribution < 1.29 is 9.47 Å². The fourth-order valence-corrected chi connectivity index (χ4v) is 2.91. The van der Waals surface area contributed by atoms with Gasteiger partial charge in [-0.3, -0.25) is 0 Å². The van der Waals surface area contributed by atoms with Crippen LogP contribution in [-0.2, 0) is 0 Å². The maximum atomic E-state index is 5.92. The first kappa shape index (κ1) is 12.9. The van der Waals surface area contributed by atoms with E-state index in [-0.39, 0.29) is 0 Å². The molecule has 0 radical (unpaired) electrons. The summed E-state index contributed by atoms with van der Waals surface area (Å²) in [6.07, 6.45) is 1.53. The molecule has 2 heterocycles. The molecule has 4 nitrogen and oxygen atoms in total. The summed E-state index contributed by atoms with van der Waals surface area (Å²) in [5.41, 5.74) is 3.19. The van der Waals surface area contributed by atoms with Gasteiger partial charge in [-0.15, -0.1) is 11.3 Å². The van der Waals surface area contributed by atoms with E-state index in [0.717, 1.165) is 21.3 Å². The molecule has 0 N–H and O–H groups in total. The number of hydrogen-bond donors (Lipinski definition) is 0. The highest BCUT2D eigenvalue weighted by molar-refractivity contribution is 7.17. The van der Waals surface area contributed by atoms with Crippen molar-refractivity contribution in [2.75, 3.05) is 7.11 Å². The summed E-state index contributed by atoms with van der Waals surface area (Å²) >= 11 is 1.59. The Bertz CT molecular complexity index is 768. The van der Waals surface area contributed by atoms with Gasteiger partial charge >= 0.3 is 0 Å². The lowest BCUT2D eigenvalue weighted by Gasteiger charge is -2.10. The molecule has 0 spiro atoms.